The summed E-state index contributed by atoms with van der Waals surface area (Å²) in [7, 11) is 1.61. The number of carbonyl (C=O) groups excluding carboxylic acids is 1. The van der Waals surface area contributed by atoms with E-state index in [1.54, 1.807) is 25.2 Å². The molecule has 2 aromatic rings. The van der Waals surface area contributed by atoms with Gasteiger partial charge in [-0.1, -0.05) is 18.2 Å². The maximum atomic E-state index is 11.6. The van der Waals surface area contributed by atoms with Gasteiger partial charge in [-0.2, -0.15) is 5.26 Å². The molecule has 0 heterocycles. The van der Waals surface area contributed by atoms with E-state index in [1.165, 1.54) is 0 Å². The Labute approximate surface area is 124 Å². The van der Waals surface area contributed by atoms with Gasteiger partial charge in [-0.3, -0.25) is 4.79 Å². The van der Waals surface area contributed by atoms with E-state index >= 15 is 0 Å². The zero-order chi connectivity index (χ0) is 15.2. The van der Waals surface area contributed by atoms with Crippen LogP contribution in [0.25, 0.3) is 0 Å². The molecule has 1 atom stereocenters. The van der Waals surface area contributed by atoms with Crippen molar-refractivity contribution in [3.8, 4) is 6.07 Å². The van der Waals surface area contributed by atoms with E-state index in [4.69, 9.17) is 5.26 Å². The Morgan fingerprint density at radius 3 is 2.52 bits per heavy atom. The molecule has 0 aliphatic carbocycles. The molecular weight excluding hydrogens is 262 g/mol. The van der Waals surface area contributed by atoms with Gasteiger partial charge in [-0.25, -0.2) is 0 Å². The Morgan fingerprint density at radius 2 is 1.90 bits per heavy atom. The van der Waals surface area contributed by atoms with E-state index in [2.05, 4.69) is 16.7 Å². The van der Waals surface area contributed by atoms with Crippen molar-refractivity contribution >= 4 is 11.6 Å². The number of nitriles is 1. The summed E-state index contributed by atoms with van der Waals surface area (Å²) in [6.07, 6.45) is 0. The lowest BCUT2D eigenvalue weighted by atomic mass is 10.1. The average molecular weight is 279 g/mol. The van der Waals surface area contributed by atoms with Crippen LogP contribution in [-0.2, 0) is 0 Å². The second kappa shape index (κ2) is 6.58. The highest BCUT2D eigenvalue weighted by Crippen LogP contribution is 2.20. The van der Waals surface area contributed by atoms with Crippen molar-refractivity contribution in [3.05, 3.63) is 65.2 Å². The summed E-state index contributed by atoms with van der Waals surface area (Å²) in [6, 6.07) is 17.0. The minimum absolute atomic E-state index is 0.0812. The summed E-state index contributed by atoms with van der Waals surface area (Å²) in [5.41, 5.74) is 3.23. The number of rotatable bonds is 4. The highest BCUT2D eigenvalue weighted by atomic mass is 16.1. The summed E-state index contributed by atoms with van der Waals surface area (Å²) in [4.78, 5) is 11.6. The SMILES string of the molecule is CNC(=O)c1cccc(NC(C)c2ccc(C#N)cc2)c1. The molecule has 0 saturated carbocycles. The summed E-state index contributed by atoms with van der Waals surface area (Å²) in [5, 5.41) is 14.8. The van der Waals surface area contributed by atoms with Crippen LogP contribution in [0.5, 0.6) is 0 Å². The van der Waals surface area contributed by atoms with Crippen LogP contribution in [0.2, 0.25) is 0 Å². The van der Waals surface area contributed by atoms with Crippen molar-refractivity contribution < 1.29 is 4.79 Å². The molecule has 0 aromatic heterocycles. The highest BCUT2D eigenvalue weighted by Gasteiger charge is 2.08. The topological polar surface area (TPSA) is 64.9 Å². The maximum Gasteiger partial charge on any atom is 0.251 e. The lowest BCUT2D eigenvalue weighted by Gasteiger charge is -2.16. The largest absolute Gasteiger partial charge is 0.379 e. The zero-order valence-electron chi connectivity index (χ0n) is 12.1. The first kappa shape index (κ1) is 14.6. The zero-order valence-corrected chi connectivity index (χ0v) is 12.1. The minimum Gasteiger partial charge on any atom is -0.379 e. The first-order valence-electron chi connectivity index (χ1n) is 6.73. The van der Waals surface area contributed by atoms with Crippen molar-refractivity contribution in [2.75, 3.05) is 12.4 Å². The molecular formula is C17H17N3O. The van der Waals surface area contributed by atoms with Gasteiger partial charge in [0.25, 0.3) is 5.91 Å². The first-order valence-corrected chi connectivity index (χ1v) is 6.73. The lowest BCUT2D eigenvalue weighted by Crippen LogP contribution is -2.18. The number of nitrogens with zero attached hydrogens (tertiary/aromatic N) is 1. The molecule has 4 nitrogen and oxygen atoms in total. The third-order valence-electron chi connectivity index (χ3n) is 3.27. The number of amides is 1. The summed E-state index contributed by atoms with van der Waals surface area (Å²) in [5.74, 6) is -0.107. The highest BCUT2D eigenvalue weighted by molar-refractivity contribution is 5.94. The van der Waals surface area contributed by atoms with Crippen LogP contribution in [0, 0.1) is 11.3 Å². The first-order chi connectivity index (χ1) is 10.1. The van der Waals surface area contributed by atoms with Gasteiger partial charge in [0.2, 0.25) is 0 Å². The van der Waals surface area contributed by atoms with Gasteiger partial charge in [-0.15, -0.1) is 0 Å². The van der Waals surface area contributed by atoms with Crippen molar-refractivity contribution in [1.29, 1.82) is 5.26 Å². The molecule has 2 aromatic carbocycles. The second-order valence-corrected chi connectivity index (χ2v) is 4.76. The fourth-order valence-electron chi connectivity index (χ4n) is 2.07. The number of hydrogen-bond donors (Lipinski definition) is 2. The third-order valence-corrected chi connectivity index (χ3v) is 3.27. The molecule has 2 N–H and O–H groups in total. The van der Waals surface area contributed by atoms with Crippen LogP contribution < -0.4 is 10.6 Å². The van der Waals surface area contributed by atoms with Gasteiger partial charge in [0, 0.05) is 24.3 Å². The maximum absolute atomic E-state index is 11.6. The number of anilines is 1. The number of benzene rings is 2. The summed E-state index contributed by atoms with van der Waals surface area (Å²) >= 11 is 0. The normalized spacial score (nSPS) is 11.3. The number of hydrogen-bond acceptors (Lipinski definition) is 3. The van der Waals surface area contributed by atoms with Crippen LogP contribution in [-0.4, -0.2) is 13.0 Å². The fourth-order valence-corrected chi connectivity index (χ4v) is 2.07. The standard InChI is InChI=1S/C17H17N3O/c1-12(14-8-6-13(11-18)7-9-14)20-16-5-3-4-15(10-16)17(21)19-2/h3-10,12,20H,1-2H3,(H,19,21). The predicted octanol–water partition coefficient (Wildman–Crippen LogP) is 3.09. The third kappa shape index (κ3) is 3.61. The molecule has 0 spiro atoms. The van der Waals surface area contributed by atoms with Crippen LogP contribution in [0.1, 0.15) is 34.5 Å². The summed E-state index contributed by atoms with van der Waals surface area (Å²) < 4.78 is 0. The molecule has 0 radical (unpaired) electrons. The van der Waals surface area contributed by atoms with Gasteiger partial charge >= 0.3 is 0 Å². The van der Waals surface area contributed by atoms with Crippen LogP contribution in [0.15, 0.2) is 48.5 Å². The number of carbonyl (C=O) groups is 1. The molecule has 1 amide bonds. The van der Waals surface area contributed by atoms with Crippen LogP contribution in [0.4, 0.5) is 5.69 Å². The Morgan fingerprint density at radius 1 is 1.19 bits per heavy atom. The van der Waals surface area contributed by atoms with Gasteiger partial charge in [0.15, 0.2) is 0 Å². The molecule has 0 fully saturated rings. The predicted molar refractivity (Wildman–Crippen MR) is 83.0 cm³/mol. The molecule has 0 aliphatic heterocycles. The minimum atomic E-state index is -0.107. The second-order valence-electron chi connectivity index (χ2n) is 4.76. The molecule has 4 heteroatoms. The van der Waals surface area contributed by atoms with Crippen molar-refractivity contribution in [3.63, 3.8) is 0 Å². The van der Waals surface area contributed by atoms with Crippen molar-refractivity contribution in [2.24, 2.45) is 0 Å². The van der Waals surface area contributed by atoms with Crippen molar-refractivity contribution in [2.45, 2.75) is 13.0 Å². The molecule has 21 heavy (non-hydrogen) atoms. The van der Waals surface area contributed by atoms with Crippen LogP contribution in [0.3, 0.4) is 0 Å². The Kier molecular flexibility index (Phi) is 4.57. The van der Waals surface area contributed by atoms with Gasteiger partial charge in [0.1, 0.15) is 0 Å². The average Bonchev–Trinajstić information content (AvgIpc) is 2.54. The van der Waals surface area contributed by atoms with E-state index < -0.39 is 0 Å². The van der Waals surface area contributed by atoms with Gasteiger partial charge in [0.05, 0.1) is 11.6 Å². The Balaban J connectivity index is 2.13. The molecule has 0 saturated heterocycles. The van der Waals surface area contributed by atoms with Gasteiger partial charge < -0.3 is 10.6 Å². The monoisotopic (exact) mass is 279 g/mol. The Bertz CT molecular complexity index is 671. The van der Waals surface area contributed by atoms with Gasteiger partial charge in [-0.05, 0) is 42.8 Å². The smallest absolute Gasteiger partial charge is 0.251 e. The Hall–Kier alpha value is -2.80. The van der Waals surface area contributed by atoms with E-state index in [0.717, 1.165) is 11.3 Å². The summed E-state index contributed by atoms with van der Waals surface area (Å²) in [6.45, 7) is 2.04. The quantitative estimate of drug-likeness (QED) is 0.904. The lowest BCUT2D eigenvalue weighted by molar-refractivity contribution is 0.0963. The molecule has 106 valence electrons. The fraction of sp³-hybridized carbons (Fsp3) is 0.176. The number of nitrogens with one attached hydrogen (secondary N) is 2. The van der Waals surface area contributed by atoms with E-state index in [0.29, 0.717) is 11.1 Å². The molecule has 0 aliphatic rings. The van der Waals surface area contributed by atoms with E-state index in [9.17, 15) is 4.79 Å². The van der Waals surface area contributed by atoms with Crippen molar-refractivity contribution in [1.82, 2.24) is 5.32 Å². The van der Waals surface area contributed by atoms with E-state index in [1.807, 2.05) is 37.3 Å². The molecule has 2 rings (SSSR count). The van der Waals surface area contributed by atoms with E-state index in [-0.39, 0.29) is 11.9 Å². The molecule has 1 unspecified atom stereocenters. The molecule has 0 bridgehead atoms. The van der Waals surface area contributed by atoms with Crippen LogP contribution >= 0.6 is 0 Å².